The first-order valence-electron chi connectivity index (χ1n) is 11.6. The number of hydrogen-bond donors (Lipinski definition) is 1. The van der Waals surface area contributed by atoms with Gasteiger partial charge in [0, 0.05) is 37.8 Å². The summed E-state index contributed by atoms with van der Waals surface area (Å²) in [6.07, 6.45) is 6.83. The van der Waals surface area contributed by atoms with Gasteiger partial charge in [-0.25, -0.2) is 15.0 Å². The van der Waals surface area contributed by atoms with Crippen LogP contribution in [0.25, 0.3) is 21.9 Å². The number of aromatic amines is 1. The molecule has 2 aliphatic heterocycles. The van der Waals surface area contributed by atoms with Crippen LogP contribution in [0.2, 0.25) is 0 Å². The fourth-order valence-corrected chi connectivity index (χ4v) is 5.15. The molecule has 2 aromatic carbocycles. The maximum atomic E-state index is 6.45. The van der Waals surface area contributed by atoms with Crippen LogP contribution in [0.1, 0.15) is 19.3 Å². The maximum absolute atomic E-state index is 6.45. The number of hydrogen-bond acceptors (Lipinski definition) is 7. The van der Waals surface area contributed by atoms with Crippen molar-refractivity contribution in [2.45, 2.75) is 31.4 Å². The summed E-state index contributed by atoms with van der Waals surface area (Å²) in [4.78, 5) is 21.0. The second kappa shape index (κ2) is 8.51. The molecule has 8 nitrogen and oxygen atoms in total. The quantitative estimate of drug-likeness (QED) is 0.485. The molecule has 170 valence electrons. The molecule has 8 heteroatoms. The molecule has 4 aromatic rings. The van der Waals surface area contributed by atoms with Gasteiger partial charge in [-0.1, -0.05) is 18.2 Å². The van der Waals surface area contributed by atoms with Gasteiger partial charge < -0.3 is 24.3 Å². The van der Waals surface area contributed by atoms with Gasteiger partial charge in [-0.15, -0.1) is 0 Å². The minimum atomic E-state index is 0.255. The molecule has 6 rings (SSSR count). The number of benzene rings is 2. The first-order valence-corrected chi connectivity index (χ1v) is 11.6. The largest absolute Gasteiger partial charge is 0.491 e. The lowest BCUT2D eigenvalue weighted by Gasteiger charge is -2.26. The molecule has 2 aliphatic rings. The van der Waals surface area contributed by atoms with E-state index < -0.39 is 0 Å². The Morgan fingerprint density at radius 1 is 1.09 bits per heavy atom. The highest BCUT2D eigenvalue weighted by atomic mass is 16.5. The van der Waals surface area contributed by atoms with Crippen molar-refractivity contribution in [2.24, 2.45) is 0 Å². The van der Waals surface area contributed by atoms with E-state index >= 15 is 0 Å². The average molecular weight is 445 g/mol. The summed E-state index contributed by atoms with van der Waals surface area (Å²) in [7, 11) is 1.80. The summed E-state index contributed by atoms with van der Waals surface area (Å²) < 4.78 is 12.0. The van der Waals surface area contributed by atoms with E-state index in [4.69, 9.17) is 9.47 Å². The Morgan fingerprint density at radius 2 is 2.06 bits per heavy atom. The van der Waals surface area contributed by atoms with Crippen molar-refractivity contribution in [3.63, 3.8) is 0 Å². The van der Waals surface area contributed by atoms with Gasteiger partial charge in [-0.05, 0) is 42.8 Å². The molecule has 2 atom stereocenters. The van der Waals surface area contributed by atoms with Crippen molar-refractivity contribution in [3.05, 3.63) is 49.1 Å². The number of nitrogens with one attached hydrogen (secondary N) is 1. The van der Waals surface area contributed by atoms with Gasteiger partial charge in [-0.2, -0.15) is 0 Å². The molecule has 1 unspecified atom stereocenters. The molecule has 0 amide bonds. The molecule has 33 heavy (non-hydrogen) atoms. The lowest BCUT2D eigenvalue weighted by atomic mass is 10.1. The number of fused-ring (bicyclic) bond motifs is 2. The van der Waals surface area contributed by atoms with E-state index in [1.54, 1.807) is 19.8 Å². The second-order valence-corrected chi connectivity index (χ2v) is 8.85. The Balaban J connectivity index is 1.24. The van der Waals surface area contributed by atoms with Crippen LogP contribution in [0.15, 0.2) is 49.1 Å². The summed E-state index contributed by atoms with van der Waals surface area (Å²) in [6.45, 7) is 3.51. The number of nitrogens with zero attached hydrogens (tertiary/aromatic N) is 5. The molecule has 2 fully saturated rings. The topological polar surface area (TPSA) is 79.4 Å². The maximum Gasteiger partial charge on any atom is 0.182 e. The van der Waals surface area contributed by atoms with Crippen molar-refractivity contribution < 1.29 is 9.47 Å². The molecule has 1 N–H and O–H groups in total. The predicted molar refractivity (Wildman–Crippen MR) is 129 cm³/mol. The Bertz CT molecular complexity index is 1270. The van der Waals surface area contributed by atoms with E-state index in [2.05, 4.69) is 66.1 Å². The molecule has 0 saturated carbocycles. The van der Waals surface area contributed by atoms with E-state index in [0.29, 0.717) is 18.4 Å². The molecule has 0 radical (unpaired) electrons. The smallest absolute Gasteiger partial charge is 0.182 e. The number of anilines is 2. The SMILES string of the molecule is COC1CCN(c2ccc3cccc(OC[C@H]4CCCN4c4ncnc5nc[nH]c45)c3c2)C1. The van der Waals surface area contributed by atoms with Gasteiger partial charge in [0.05, 0.1) is 18.5 Å². The summed E-state index contributed by atoms with van der Waals surface area (Å²) in [5.41, 5.74) is 2.81. The Kier molecular flexibility index (Phi) is 5.22. The van der Waals surface area contributed by atoms with Gasteiger partial charge in [0.15, 0.2) is 11.5 Å². The van der Waals surface area contributed by atoms with Crippen LogP contribution in [0.5, 0.6) is 5.75 Å². The van der Waals surface area contributed by atoms with Crippen molar-refractivity contribution >= 4 is 33.4 Å². The minimum Gasteiger partial charge on any atom is -0.491 e. The van der Waals surface area contributed by atoms with Crippen LogP contribution >= 0.6 is 0 Å². The van der Waals surface area contributed by atoms with Gasteiger partial charge in [0.25, 0.3) is 0 Å². The van der Waals surface area contributed by atoms with E-state index in [1.807, 2.05) is 0 Å². The molecular weight excluding hydrogens is 416 g/mol. The Hall–Kier alpha value is -3.39. The van der Waals surface area contributed by atoms with Crippen LogP contribution in [-0.2, 0) is 4.74 Å². The third-order valence-electron chi connectivity index (χ3n) is 6.95. The number of imidazole rings is 1. The highest BCUT2D eigenvalue weighted by Gasteiger charge is 2.28. The van der Waals surface area contributed by atoms with E-state index in [-0.39, 0.29) is 6.04 Å². The molecule has 0 spiro atoms. The Morgan fingerprint density at radius 3 is 2.97 bits per heavy atom. The van der Waals surface area contributed by atoms with Crippen molar-refractivity contribution in [1.82, 2.24) is 19.9 Å². The van der Waals surface area contributed by atoms with E-state index in [9.17, 15) is 0 Å². The van der Waals surface area contributed by atoms with Crippen LogP contribution in [-0.4, -0.2) is 65.4 Å². The van der Waals surface area contributed by atoms with Crippen LogP contribution in [0, 0.1) is 0 Å². The lowest BCUT2D eigenvalue weighted by Crippen LogP contribution is -2.35. The summed E-state index contributed by atoms with van der Waals surface area (Å²) in [6, 6.07) is 13.2. The van der Waals surface area contributed by atoms with Crippen molar-refractivity contribution in [2.75, 3.05) is 43.2 Å². The lowest BCUT2D eigenvalue weighted by molar-refractivity contribution is 0.121. The zero-order valence-corrected chi connectivity index (χ0v) is 18.8. The molecule has 4 heterocycles. The van der Waals surface area contributed by atoms with Crippen molar-refractivity contribution in [3.8, 4) is 5.75 Å². The van der Waals surface area contributed by atoms with E-state index in [0.717, 1.165) is 61.4 Å². The summed E-state index contributed by atoms with van der Waals surface area (Å²) in [5.74, 6) is 1.84. The van der Waals surface area contributed by atoms with Crippen molar-refractivity contribution in [1.29, 1.82) is 0 Å². The monoisotopic (exact) mass is 444 g/mol. The van der Waals surface area contributed by atoms with Crippen LogP contribution in [0.4, 0.5) is 11.5 Å². The average Bonchev–Trinajstić information content (AvgIpc) is 3.62. The first kappa shape index (κ1) is 20.2. The molecule has 0 bridgehead atoms. The van der Waals surface area contributed by atoms with Gasteiger partial charge >= 0.3 is 0 Å². The zero-order valence-electron chi connectivity index (χ0n) is 18.8. The number of rotatable bonds is 6. The van der Waals surface area contributed by atoms with Gasteiger partial charge in [0.1, 0.15) is 24.2 Å². The fourth-order valence-electron chi connectivity index (χ4n) is 5.15. The first-order chi connectivity index (χ1) is 16.3. The number of aromatic nitrogens is 4. The number of ether oxygens (including phenoxy) is 2. The predicted octanol–water partition coefficient (Wildman–Crippen LogP) is 3.78. The highest BCUT2D eigenvalue weighted by Crippen LogP contribution is 2.33. The third-order valence-corrected chi connectivity index (χ3v) is 6.95. The fraction of sp³-hybridized carbons (Fsp3) is 0.400. The van der Waals surface area contributed by atoms with Gasteiger partial charge in [-0.3, -0.25) is 0 Å². The highest BCUT2D eigenvalue weighted by molar-refractivity contribution is 5.91. The zero-order chi connectivity index (χ0) is 22.2. The van der Waals surface area contributed by atoms with Crippen LogP contribution in [0.3, 0.4) is 0 Å². The molecular formula is C25H28N6O2. The normalized spacial score (nSPS) is 20.9. The summed E-state index contributed by atoms with van der Waals surface area (Å²) >= 11 is 0. The minimum absolute atomic E-state index is 0.255. The van der Waals surface area contributed by atoms with E-state index in [1.165, 1.54) is 11.1 Å². The van der Waals surface area contributed by atoms with Crippen LogP contribution < -0.4 is 14.5 Å². The second-order valence-electron chi connectivity index (χ2n) is 8.85. The van der Waals surface area contributed by atoms with Gasteiger partial charge in [0.2, 0.25) is 0 Å². The molecule has 2 aromatic heterocycles. The number of H-pyrrole nitrogens is 1. The number of methoxy groups -OCH3 is 1. The standard InChI is InChI=1S/C25H28N6O2/c1-32-20-9-11-30(13-20)18-8-7-17-4-2-6-22(21(17)12-18)33-14-19-5-3-10-31(19)25-23-24(27-15-26-23)28-16-29-25/h2,4,6-8,12,15-16,19-20H,3,5,9-11,13-14H2,1H3,(H,26,27,28,29)/t19-,20?/m1/s1. The Labute approximate surface area is 192 Å². The molecule has 2 saturated heterocycles. The molecule has 0 aliphatic carbocycles. The summed E-state index contributed by atoms with van der Waals surface area (Å²) in [5, 5.41) is 2.34. The third kappa shape index (κ3) is 3.74.